The van der Waals surface area contributed by atoms with E-state index in [2.05, 4.69) is 5.32 Å². The van der Waals surface area contributed by atoms with E-state index in [0.717, 1.165) is 19.8 Å². The maximum absolute atomic E-state index is 9.26. The third-order valence-corrected chi connectivity index (χ3v) is 2.21. The molecule has 2 rings (SSSR count). The molecule has 0 saturated carbocycles. The van der Waals surface area contributed by atoms with Gasteiger partial charge in [0, 0.05) is 18.5 Å². The summed E-state index contributed by atoms with van der Waals surface area (Å²) in [4.78, 5) is 0. The summed E-state index contributed by atoms with van der Waals surface area (Å²) < 4.78 is 5.16. The van der Waals surface area contributed by atoms with Crippen LogP contribution < -0.4 is 5.32 Å². The van der Waals surface area contributed by atoms with Gasteiger partial charge in [0.25, 0.3) is 0 Å². The van der Waals surface area contributed by atoms with Crippen LogP contribution >= 0.6 is 12.4 Å². The molecule has 0 spiro atoms. The Morgan fingerprint density at radius 1 is 1.40 bits per heavy atom. The van der Waals surface area contributed by atoms with Gasteiger partial charge in [0.2, 0.25) is 0 Å². The van der Waals surface area contributed by atoms with Crippen molar-refractivity contribution in [2.24, 2.45) is 5.92 Å². The van der Waals surface area contributed by atoms with Crippen molar-refractivity contribution in [3.05, 3.63) is 0 Å². The van der Waals surface area contributed by atoms with Crippen LogP contribution in [0.4, 0.5) is 0 Å². The molecule has 0 aromatic rings. The Kier molecular flexibility index (Phi) is 2.52. The number of halogens is 1. The van der Waals surface area contributed by atoms with Crippen LogP contribution in [0.15, 0.2) is 0 Å². The van der Waals surface area contributed by atoms with Crippen LogP contribution in [0.25, 0.3) is 0 Å². The van der Waals surface area contributed by atoms with Gasteiger partial charge in [0.1, 0.15) is 0 Å². The fourth-order valence-corrected chi connectivity index (χ4v) is 1.58. The second-order valence-corrected chi connectivity index (χ2v) is 2.78. The first-order chi connectivity index (χ1) is 4.38. The van der Waals surface area contributed by atoms with Gasteiger partial charge in [0.05, 0.1) is 19.3 Å². The van der Waals surface area contributed by atoms with Crippen LogP contribution in [0.5, 0.6) is 0 Å². The maximum atomic E-state index is 9.26. The van der Waals surface area contributed by atoms with E-state index < -0.39 is 0 Å². The van der Waals surface area contributed by atoms with Crippen molar-refractivity contribution in [3.8, 4) is 0 Å². The van der Waals surface area contributed by atoms with E-state index in [4.69, 9.17) is 4.74 Å². The summed E-state index contributed by atoms with van der Waals surface area (Å²) in [5, 5.41) is 12.5. The minimum atomic E-state index is -0.169. The molecule has 10 heavy (non-hydrogen) atoms. The number of hydrogen-bond acceptors (Lipinski definition) is 3. The van der Waals surface area contributed by atoms with Gasteiger partial charge >= 0.3 is 0 Å². The SMILES string of the molecule is Cl.O[C@@H]1CN[C@H]2COC[C@@H]12. The number of β-amino-alcohol motifs (C(OH)–C–C–N with tert-alkyl or cyclic N) is 1. The highest BCUT2D eigenvalue weighted by Gasteiger charge is 2.38. The van der Waals surface area contributed by atoms with Crippen molar-refractivity contribution in [2.45, 2.75) is 12.1 Å². The van der Waals surface area contributed by atoms with Gasteiger partial charge < -0.3 is 15.2 Å². The van der Waals surface area contributed by atoms with Crippen LogP contribution in [-0.2, 0) is 4.74 Å². The van der Waals surface area contributed by atoms with Crippen molar-refractivity contribution < 1.29 is 9.84 Å². The Labute approximate surface area is 66.2 Å². The van der Waals surface area contributed by atoms with Crippen LogP contribution in [0, 0.1) is 5.92 Å². The molecule has 3 atom stereocenters. The molecule has 0 aromatic heterocycles. The highest BCUT2D eigenvalue weighted by molar-refractivity contribution is 5.85. The molecule has 0 aliphatic carbocycles. The van der Waals surface area contributed by atoms with Gasteiger partial charge in [-0.1, -0.05) is 0 Å². The average Bonchev–Trinajstić information content (AvgIpc) is 2.35. The van der Waals surface area contributed by atoms with Crippen molar-refractivity contribution >= 4 is 12.4 Å². The molecule has 0 radical (unpaired) electrons. The number of nitrogens with one attached hydrogen (secondary N) is 1. The molecule has 4 heteroatoms. The topological polar surface area (TPSA) is 41.5 Å². The Morgan fingerprint density at radius 3 is 2.90 bits per heavy atom. The summed E-state index contributed by atoms with van der Waals surface area (Å²) in [6, 6.07) is 0.431. The molecule has 2 saturated heterocycles. The summed E-state index contributed by atoms with van der Waals surface area (Å²) >= 11 is 0. The lowest BCUT2D eigenvalue weighted by Crippen LogP contribution is -2.26. The van der Waals surface area contributed by atoms with Crippen molar-refractivity contribution in [3.63, 3.8) is 0 Å². The Morgan fingerprint density at radius 2 is 2.20 bits per heavy atom. The van der Waals surface area contributed by atoms with Crippen LogP contribution in [0.2, 0.25) is 0 Å². The van der Waals surface area contributed by atoms with E-state index in [1.54, 1.807) is 0 Å². The molecule has 0 aromatic carbocycles. The molecule has 0 amide bonds. The molecule has 2 fully saturated rings. The first-order valence-electron chi connectivity index (χ1n) is 3.37. The lowest BCUT2D eigenvalue weighted by Gasteiger charge is -2.07. The average molecular weight is 166 g/mol. The molecule has 2 aliphatic heterocycles. The van der Waals surface area contributed by atoms with Crippen LogP contribution in [-0.4, -0.2) is 37.0 Å². The van der Waals surface area contributed by atoms with Crippen molar-refractivity contribution in [2.75, 3.05) is 19.8 Å². The van der Waals surface area contributed by atoms with E-state index >= 15 is 0 Å². The second-order valence-electron chi connectivity index (χ2n) is 2.78. The summed E-state index contributed by atoms with van der Waals surface area (Å²) in [6.45, 7) is 2.26. The molecule has 60 valence electrons. The van der Waals surface area contributed by atoms with E-state index in [-0.39, 0.29) is 18.5 Å². The van der Waals surface area contributed by atoms with Gasteiger partial charge in [-0.25, -0.2) is 0 Å². The first kappa shape index (κ1) is 8.27. The highest BCUT2D eigenvalue weighted by Crippen LogP contribution is 2.22. The number of ether oxygens (including phenoxy) is 1. The molecule has 0 bridgehead atoms. The predicted molar refractivity (Wildman–Crippen MR) is 39.4 cm³/mol. The standard InChI is InChI=1S/C6H11NO2.ClH/c8-6-1-7-5-3-9-2-4(5)6;/h4-8H,1-3H2;1H/t4-,5+,6-;/m1./s1. The molecular formula is C6H12ClNO2. The fraction of sp³-hybridized carbons (Fsp3) is 1.00. The fourth-order valence-electron chi connectivity index (χ4n) is 1.58. The maximum Gasteiger partial charge on any atom is 0.0730 e. The number of rotatable bonds is 0. The minimum Gasteiger partial charge on any atom is -0.391 e. The van der Waals surface area contributed by atoms with E-state index in [1.807, 2.05) is 0 Å². The molecule has 2 aliphatic rings. The quantitative estimate of drug-likeness (QED) is 0.503. The van der Waals surface area contributed by atoms with E-state index in [9.17, 15) is 5.11 Å². The Balaban J connectivity index is 0.000000500. The van der Waals surface area contributed by atoms with Gasteiger partial charge in [-0.2, -0.15) is 0 Å². The van der Waals surface area contributed by atoms with Gasteiger partial charge in [-0.15, -0.1) is 12.4 Å². The smallest absolute Gasteiger partial charge is 0.0730 e. The zero-order chi connectivity index (χ0) is 6.27. The highest BCUT2D eigenvalue weighted by atomic mass is 35.5. The van der Waals surface area contributed by atoms with Crippen molar-refractivity contribution in [1.29, 1.82) is 0 Å². The third-order valence-electron chi connectivity index (χ3n) is 2.21. The lowest BCUT2D eigenvalue weighted by molar-refractivity contribution is 0.107. The Bertz CT molecular complexity index is 122. The van der Waals surface area contributed by atoms with Crippen LogP contribution in [0.3, 0.4) is 0 Å². The number of hydrogen-bond donors (Lipinski definition) is 2. The van der Waals surface area contributed by atoms with E-state index in [1.165, 1.54) is 0 Å². The molecular weight excluding hydrogens is 154 g/mol. The summed E-state index contributed by atoms with van der Waals surface area (Å²) in [6.07, 6.45) is -0.169. The predicted octanol–water partition coefficient (Wildman–Crippen LogP) is -0.613. The first-order valence-corrected chi connectivity index (χ1v) is 3.37. The van der Waals surface area contributed by atoms with Crippen molar-refractivity contribution in [1.82, 2.24) is 5.32 Å². The molecule has 0 unspecified atom stereocenters. The zero-order valence-electron chi connectivity index (χ0n) is 5.62. The summed E-state index contributed by atoms with van der Waals surface area (Å²) in [5.74, 6) is 0.366. The number of fused-ring (bicyclic) bond motifs is 1. The van der Waals surface area contributed by atoms with Gasteiger partial charge in [-0.05, 0) is 0 Å². The minimum absolute atomic E-state index is 0. The van der Waals surface area contributed by atoms with E-state index in [0.29, 0.717) is 12.0 Å². The van der Waals surface area contributed by atoms with Crippen LogP contribution in [0.1, 0.15) is 0 Å². The monoisotopic (exact) mass is 165 g/mol. The van der Waals surface area contributed by atoms with Gasteiger partial charge in [0.15, 0.2) is 0 Å². The number of aliphatic hydroxyl groups is 1. The van der Waals surface area contributed by atoms with Gasteiger partial charge in [-0.3, -0.25) is 0 Å². The number of aliphatic hydroxyl groups excluding tert-OH is 1. The third kappa shape index (κ3) is 1.14. The largest absolute Gasteiger partial charge is 0.391 e. The normalized spacial score (nSPS) is 44.7. The summed E-state index contributed by atoms with van der Waals surface area (Å²) in [7, 11) is 0. The molecule has 2 heterocycles. The lowest BCUT2D eigenvalue weighted by atomic mass is 10.0. The molecule has 3 nitrogen and oxygen atoms in total. The second kappa shape index (κ2) is 3.05. The zero-order valence-corrected chi connectivity index (χ0v) is 6.43. The Hall–Kier alpha value is 0.170. The molecule has 2 N–H and O–H groups in total. The summed E-state index contributed by atoms with van der Waals surface area (Å²) in [5.41, 5.74) is 0.